The molecule has 3 heterocycles. The van der Waals surface area contributed by atoms with Crippen LogP contribution in [-0.2, 0) is 9.59 Å². The second-order valence-electron chi connectivity index (χ2n) is 8.67. The molecule has 2 saturated heterocycles. The van der Waals surface area contributed by atoms with Crippen LogP contribution in [0.2, 0.25) is 10.0 Å². The van der Waals surface area contributed by atoms with Gasteiger partial charge >= 0.3 is 0 Å². The molecule has 0 spiro atoms. The van der Waals surface area contributed by atoms with Crippen LogP contribution < -0.4 is 4.90 Å². The third-order valence-corrected chi connectivity index (χ3v) is 7.38. The fraction of sp³-hybridized carbons (Fsp3) is 0.154. The lowest BCUT2D eigenvalue weighted by atomic mass is 9.83. The zero-order valence-electron chi connectivity index (χ0n) is 17.9. The van der Waals surface area contributed by atoms with Crippen LogP contribution in [0.3, 0.4) is 0 Å². The monoisotopic (exact) mass is 507 g/mol. The normalized spacial score (nSPS) is 24.4. The Labute approximate surface area is 209 Å². The van der Waals surface area contributed by atoms with Crippen LogP contribution in [0.1, 0.15) is 27.5 Å². The summed E-state index contributed by atoms with van der Waals surface area (Å²) >= 11 is 12.4. The first-order valence-electron chi connectivity index (χ1n) is 10.9. The van der Waals surface area contributed by atoms with E-state index >= 15 is 0 Å². The van der Waals surface area contributed by atoms with Gasteiger partial charge in [0, 0.05) is 10.6 Å². The molecule has 6 rings (SSSR count). The summed E-state index contributed by atoms with van der Waals surface area (Å²) in [4.78, 5) is 42.4. The molecule has 0 saturated carbocycles. The van der Waals surface area contributed by atoms with Crippen molar-refractivity contribution in [3.63, 3.8) is 0 Å². The molecule has 0 unspecified atom stereocenters. The van der Waals surface area contributed by atoms with Gasteiger partial charge in [-0.2, -0.15) is 5.10 Å². The van der Waals surface area contributed by atoms with Gasteiger partial charge in [-0.1, -0.05) is 47.5 Å². The van der Waals surface area contributed by atoms with Gasteiger partial charge in [-0.05, 0) is 53.6 Å². The fourth-order valence-corrected chi connectivity index (χ4v) is 5.85. The minimum atomic E-state index is -1.05. The van der Waals surface area contributed by atoms with Crippen molar-refractivity contribution in [1.82, 2.24) is 5.01 Å². The number of nitrogens with zero attached hydrogens (tertiary/aromatic N) is 3. The van der Waals surface area contributed by atoms with E-state index in [9.17, 15) is 18.8 Å². The number of carbonyl (C=O) groups is 3. The molecule has 3 aliphatic heterocycles. The second kappa shape index (κ2) is 8.00. The summed E-state index contributed by atoms with van der Waals surface area (Å²) in [6.45, 7) is 0. The van der Waals surface area contributed by atoms with E-state index in [0.717, 1.165) is 16.0 Å². The van der Waals surface area contributed by atoms with Gasteiger partial charge in [-0.25, -0.2) is 9.29 Å². The predicted molar refractivity (Wildman–Crippen MR) is 129 cm³/mol. The molecule has 2 amide bonds. The van der Waals surface area contributed by atoms with Crippen molar-refractivity contribution in [3.8, 4) is 0 Å². The number of benzene rings is 3. The summed E-state index contributed by atoms with van der Waals surface area (Å²) in [5.74, 6) is -3.75. The average Bonchev–Trinajstić information content (AvgIpc) is 3.32. The van der Waals surface area contributed by atoms with Crippen LogP contribution in [0.25, 0.3) is 0 Å². The summed E-state index contributed by atoms with van der Waals surface area (Å²) in [6.07, 6.45) is 1.63. The maximum Gasteiger partial charge on any atom is 0.240 e. The maximum atomic E-state index is 13.8. The van der Waals surface area contributed by atoms with Crippen LogP contribution in [0.4, 0.5) is 10.1 Å². The topological polar surface area (TPSA) is 70.0 Å². The lowest BCUT2D eigenvalue weighted by molar-refractivity contribution is -0.124. The Morgan fingerprint density at radius 3 is 2.37 bits per heavy atom. The van der Waals surface area contributed by atoms with Gasteiger partial charge < -0.3 is 0 Å². The van der Waals surface area contributed by atoms with E-state index in [-0.39, 0.29) is 16.3 Å². The first-order chi connectivity index (χ1) is 16.9. The minimum Gasteiger partial charge on any atom is -0.292 e. The van der Waals surface area contributed by atoms with Crippen molar-refractivity contribution in [1.29, 1.82) is 0 Å². The highest BCUT2D eigenvalue weighted by molar-refractivity contribution is 6.38. The molecular weight excluding hydrogens is 492 g/mol. The molecule has 35 heavy (non-hydrogen) atoms. The maximum absolute atomic E-state index is 13.8. The molecule has 0 bridgehead atoms. The molecule has 3 aromatic rings. The highest BCUT2D eigenvalue weighted by atomic mass is 35.5. The lowest BCUT2D eigenvalue weighted by Crippen LogP contribution is -2.44. The van der Waals surface area contributed by atoms with Gasteiger partial charge in [-0.3, -0.25) is 19.4 Å². The molecule has 0 N–H and O–H groups in total. The SMILES string of the molecule is O=C(c1ccc(F)cc1)[C@@H]1[C@@H]2C(=O)N(c3ccc(Cl)cc3Cl)C(=O)[C@H]2[C@H]2c3ccccc3C=NN12. The molecule has 0 aliphatic carbocycles. The Bertz CT molecular complexity index is 1440. The molecule has 9 heteroatoms. The Morgan fingerprint density at radius 2 is 1.63 bits per heavy atom. The number of anilines is 1. The molecule has 3 aliphatic rings. The number of hydrogen-bond acceptors (Lipinski definition) is 5. The van der Waals surface area contributed by atoms with E-state index in [0.29, 0.717) is 5.02 Å². The highest BCUT2D eigenvalue weighted by Crippen LogP contribution is 2.53. The summed E-state index contributed by atoms with van der Waals surface area (Å²) < 4.78 is 13.5. The van der Waals surface area contributed by atoms with Gasteiger partial charge in [0.2, 0.25) is 11.8 Å². The summed E-state index contributed by atoms with van der Waals surface area (Å²) in [7, 11) is 0. The Hall–Kier alpha value is -3.55. The average molecular weight is 508 g/mol. The van der Waals surface area contributed by atoms with E-state index in [1.165, 1.54) is 36.4 Å². The number of hydrogen-bond donors (Lipinski definition) is 0. The predicted octanol–water partition coefficient (Wildman–Crippen LogP) is 4.89. The summed E-state index contributed by atoms with van der Waals surface area (Å²) in [5.41, 5.74) is 2.06. The number of ketones is 1. The van der Waals surface area contributed by atoms with Crippen LogP contribution in [0.5, 0.6) is 0 Å². The van der Waals surface area contributed by atoms with Gasteiger partial charge in [0.15, 0.2) is 5.78 Å². The van der Waals surface area contributed by atoms with Crippen molar-refractivity contribution in [2.75, 3.05) is 4.90 Å². The Morgan fingerprint density at radius 1 is 0.914 bits per heavy atom. The number of Topliss-reactive ketones (excluding diaryl/α,β-unsaturated/α-hetero) is 1. The molecule has 2 fully saturated rings. The van der Waals surface area contributed by atoms with Gasteiger partial charge in [0.1, 0.15) is 11.9 Å². The van der Waals surface area contributed by atoms with Crippen molar-refractivity contribution in [2.45, 2.75) is 12.1 Å². The number of rotatable bonds is 3. The van der Waals surface area contributed by atoms with Crippen LogP contribution in [-0.4, -0.2) is 34.9 Å². The van der Waals surface area contributed by atoms with E-state index in [4.69, 9.17) is 23.2 Å². The Balaban J connectivity index is 1.50. The summed E-state index contributed by atoms with van der Waals surface area (Å²) in [5, 5.41) is 6.58. The number of halogens is 3. The number of carbonyl (C=O) groups excluding carboxylic acids is 3. The van der Waals surface area contributed by atoms with E-state index in [1.54, 1.807) is 17.3 Å². The molecule has 174 valence electrons. The van der Waals surface area contributed by atoms with Gasteiger partial charge in [0.25, 0.3) is 0 Å². The van der Waals surface area contributed by atoms with Crippen molar-refractivity contribution in [3.05, 3.63) is 99.3 Å². The zero-order chi connectivity index (χ0) is 24.4. The number of imide groups is 1. The van der Waals surface area contributed by atoms with E-state index in [2.05, 4.69) is 5.10 Å². The zero-order valence-corrected chi connectivity index (χ0v) is 19.4. The standard InChI is InChI=1S/C26H16Cl2FN3O3/c27-15-7-10-19(18(28)11-15)31-25(34)20-21(26(31)35)23(24(33)13-5-8-16(29)9-6-13)32-22(20)17-4-2-1-3-14(17)12-30-32/h1-12,20-23H/t20-,21-,22-,23+/m1/s1. The number of amides is 2. The first-order valence-corrected chi connectivity index (χ1v) is 11.7. The third-order valence-electron chi connectivity index (χ3n) is 6.84. The van der Waals surface area contributed by atoms with E-state index in [1.807, 2.05) is 24.3 Å². The summed E-state index contributed by atoms with van der Waals surface area (Å²) in [6, 6.07) is 15.4. The second-order valence-corrected chi connectivity index (χ2v) is 9.52. The van der Waals surface area contributed by atoms with Gasteiger partial charge in [-0.15, -0.1) is 0 Å². The molecule has 6 nitrogen and oxygen atoms in total. The quantitative estimate of drug-likeness (QED) is 0.373. The molecule has 0 aromatic heterocycles. The number of fused-ring (bicyclic) bond motifs is 5. The smallest absolute Gasteiger partial charge is 0.240 e. The van der Waals surface area contributed by atoms with Crippen LogP contribution in [0.15, 0.2) is 71.8 Å². The molecular formula is C26H16Cl2FN3O3. The highest BCUT2D eigenvalue weighted by Gasteiger charge is 2.65. The molecule has 0 radical (unpaired) electrons. The Kier molecular flexibility index (Phi) is 5.02. The third kappa shape index (κ3) is 3.22. The minimum absolute atomic E-state index is 0.152. The van der Waals surface area contributed by atoms with Gasteiger partial charge in [0.05, 0.1) is 34.8 Å². The molecule has 4 atom stereocenters. The van der Waals surface area contributed by atoms with Crippen molar-refractivity contribution < 1.29 is 18.8 Å². The van der Waals surface area contributed by atoms with Crippen LogP contribution in [0, 0.1) is 17.7 Å². The fourth-order valence-electron chi connectivity index (χ4n) is 5.35. The largest absolute Gasteiger partial charge is 0.292 e. The first kappa shape index (κ1) is 21.9. The number of hydrazone groups is 1. The molecule has 3 aromatic carbocycles. The lowest BCUT2D eigenvalue weighted by Gasteiger charge is -2.33. The van der Waals surface area contributed by atoms with Crippen molar-refractivity contribution in [2.24, 2.45) is 16.9 Å². The van der Waals surface area contributed by atoms with Crippen molar-refractivity contribution >= 4 is 52.7 Å². The van der Waals surface area contributed by atoms with E-state index < -0.39 is 47.3 Å². The van der Waals surface area contributed by atoms with Crippen LogP contribution >= 0.6 is 23.2 Å².